The molecule has 2 nitrogen and oxygen atoms in total. The maximum Gasteiger partial charge on any atom is -0.0473 e. The minimum atomic E-state index is 0. The van der Waals surface area contributed by atoms with E-state index < -0.39 is 0 Å². The second-order valence-electron chi connectivity index (χ2n) is 1.22. The minimum Gasteiger partial charge on any atom is -0.344 e. The van der Waals surface area contributed by atoms with Gasteiger partial charge in [-0.2, -0.15) is 0 Å². The van der Waals surface area contributed by atoms with Crippen LogP contribution in [0.25, 0.3) is 0 Å². The Balaban J connectivity index is -0.0000000150. The highest BCUT2D eigenvalue weighted by Crippen LogP contribution is 1.38. The molecule has 0 atom stereocenters. The Kier molecular flexibility index (Phi) is 385. The van der Waals surface area contributed by atoms with Crippen molar-refractivity contribution in [1.82, 2.24) is 12.3 Å². The molecule has 0 fully saturated rings. The van der Waals surface area contributed by atoms with Gasteiger partial charge in [0.25, 0.3) is 0 Å². The molecule has 0 unspecified atom stereocenters. The van der Waals surface area contributed by atoms with E-state index >= 15 is 0 Å². The van der Waals surface area contributed by atoms with Crippen molar-refractivity contribution in [3.63, 3.8) is 0 Å². The average molecular weight is 160 g/mol. The van der Waals surface area contributed by atoms with E-state index in [0.717, 1.165) is 0 Å². The molecule has 0 radical (unpaired) electrons. The first kappa shape index (κ1) is 32.1. The second-order valence-corrected chi connectivity index (χ2v) is 1.22. The summed E-state index contributed by atoms with van der Waals surface area (Å²) in [5.41, 5.74) is 0. The summed E-state index contributed by atoms with van der Waals surface area (Å²) in [5.74, 6) is 0. The van der Waals surface area contributed by atoms with Gasteiger partial charge in [0.15, 0.2) is 0 Å². The summed E-state index contributed by atoms with van der Waals surface area (Å²) in [7, 11) is 0. The lowest BCUT2D eigenvalue weighted by molar-refractivity contribution is 1.80. The lowest BCUT2D eigenvalue weighted by atomic mass is 10.8. The Morgan fingerprint density at radius 2 is 0.636 bits per heavy atom. The average Bonchev–Trinajstić information content (AvgIpc) is 1.70. The Hall–Kier alpha value is -0.860. The first-order valence-electron chi connectivity index (χ1n) is 2.96. The van der Waals surface area contributed by atoms with E-state index in [1.165, 1.54) is 0 Å². The second kappa shape index (κ2) is 132. The molecule has 0 amide bonds. The van der Waals surface area contributed by atoms with Gasteiger partial charge in [0.1, 0.15) is 0 Å². The summed E-state index contributed by atoms with van der Waals surface area (Å²) < 4.78 is 0. The molecule has 0 aliphatic carbocycles. The quantitative estimate of drug-likeness (QED) is 0.527. The summed E-state index contributed by atoms with van der Waals surface area (Å²) in [6.45, 7) is 15.8. The molecule has 0 heterocycles. The fourth-order valence-corrected chi connectivity index (χ4v) is 0. The third-order valence-corrected chi connectivity index (χ3v) is 0. The van der Waals surface area contributed by atoms with Gasteiger partial charge in [-0.15, -0.1) is 19.7 Å². The molecule has 2 heteroatoms. The molecule has 0 spiro atoms. The lowest BCUT2D eigenvalue weighted by Crippen LogP contribution is -1.07. The number of hydrogen-bond acceptors (Lipinski definition) is 2. The van der Waals surface area contributed by atoms with Gasteiger partial charge in [-0.05, 0) is 20.8 Å². The molecule has 0 bridgehead atoms. The van der Waals surface area contributed by atoms with Crippen molar-refractivity contribution in [2.45, 2.75) is 20.8 Å². The Morgan fingerprint density at radius 1 is 0.636 bits per heavy atom. The van der Waals surface area contributed by atoms with E-state index in [0.29, 0.717) is 0 Å². The molecule has 0 aromatic rings. The zero-order valence-corrected chi connectivity index (χ0v) is 8.27. The molecule has 70 valence electrons. The molecular weight excluding hydrogens is 136 g/mol. The van der Waals surface area contributed by atoms with E-state index in [9.17, 15) is 0 Å². The van der Waals surface area contributed by atoms with E-state index in [4.69, 9.17) is 0 Å². The van der Waals surface area contributed by atoms with Gasteiger partial charge in [0.2, 0.25) is 0 Å². The van der Waals surface area contributed by atoms with Gasteiger partial charge < -0.3 is 12.3 Å². The van der Waals surface area contributed by atoms with Crippen molar-refractivity contribution in [2.24, 2.45) is 0 Å². The lowest BCUT2D eigenvalue weighted by Gasteiger charge is -1.31. The van der Waals surface area contributed by atoms with Crippen molar-refractivity contribution in [2.75, 3.05) is 0 Å². The Bertz CT molecular complexity index is 44.3. The van der Waals surface area contributed by atoms with Crippen LogP contribution in [0.3, 0.4) is 0 Å². The fraction of sp³-hybridized carbons (Fsp3) is 0.333. The van der Waals surface area contributed by atoms with Crippen molar-refractivity contribution in [3.8, 4) is 0 Å². The topological polar surface area (TPSA) is 70.0 Å². The maximum absolute atomic E-state index is 3.36. The summed E-state index contributed by atoms with van der Waals surface area (Å²) in [6, 6.07) is 0. The predicted molar refractivity (Wildman–Crippen MR) is 57.7 cm³/mol. The third-order valence-electron chi connectivity index (χ3n) is 0. The van der Waals surface area contributed by atoms with Crippen LogP contribution in [0, 0.1) is 0 Å². The molecular formula is C9H24N2. The standard InChI is InChI=1S/3C3H6.2H3N/c3*1-3-2;;/h3*3H,1H2,2H3;2*1H3. The Morgan fingerprint density at radius 3 is 0.636 bits per heavy atom. The van der Waals surface area contributed by atoms with Gasteiger partial charge in [-0.25, -0.2) is 0 Å². The Labute approximate surface area is 71.9 Å². The summed E-state index contributed by atoms with van der Waals surface area (Å²) in [5, 5.41) is 0. The van der Waals surface area contributed by atoms with Crippen LogP contribution in [0.1, 0.15) is 20.8 Å². The smallest absolute Gasteiger partial charge is 0.0473 e. The molecule has 0 saturated heterocycles. The van der Waals surface area contributed by atoms with E-state index in [2.05, 4.69) is 19.7 Å². The largest absolute Gasteiger partial charge is 0.344 e. The minimum absolute atomic E-state index is 0. The fourth-order valence-electron chi connectivity index (χ4n) is 0. The molecule has 0 aromatic heterocycles. The highest BCUT2D eigenvalue weighted by molar-refractivity contribution is 4.52. The van der Waals surface area contributed by atoms with Crippen LogP contribution in [0.15, 0.2) is 38.0 Å². The van der Waals surface area contributed by atoms with Crippen LogP contribution in [0.4, 0.5) is 0 Å². The highest BCUT2D eigenvalue weighted by Gasteiger charge is 1.15. The van der Waals surface area contributed by atoms with E-state index in [1.54, 1.807) is 18.2 Å². The van der Waals surface area contributed by atoms with Crippen molar-refractivity contribution < 1.29 is 0 Å². The van der Waals surface area contributed by atoms with Crippen molar-refractivity contribution in [1.29, 1.82) is 0 Å². The molecule has 0 aromatic carbocycles. The number of rotatable bonds is 0. The van der Waals surface area contributed by atoms with Crippen LogP contribution in [-0.4, -0.2) is 0 Å². The molecule has 11 heavy (non-hydrogen) atoms. The first-order chi connectivity index (χ1) is 4.24. The van der Waals surface area contributed by atoms with Crippen LogP contribution in [-0.2, 0) is 0 Å². The molecule has 6 N–H and O–H groups in total. The van der Waals surface area contributed by atoms with Gasteiger partial charge in [-0.3, -0.25) is 0 Å². The monoisotopic (exact) mass is 160 g/mol. The van der Waals surface area contributed by atoms with Gasteiger partial charge in [0, 0.05) is 0 Å². The van der Waals surface area contributed by atoms with Crippen LogP contribution >= 0.6 is 0 Å². The van der Waals surface area contributed by atoms with Crippen LogP contribution in [0.5, 0.6) is 0 Å². The summed E-state index contributed by atoms with van der Waals surface area (Å²) >= 11 is 0. The normalized spacial score (nSPS) is 3.55. The molecule has 0 aliphatic heterocycles. The van der Waals surface area contributed by atoms with Crippen molar-refractivity contribution >= 4 is 0 Å². The highest BCUT2D eigenvalue weighted by atomic mass is 14.0. The van der Waals surface area contributed by atoms with E-state index in [-0.39, 0.29) is 12.3 Å². The summed E-state index contributed by atoms with van der Waals surface area (Å²) in [6.07, 6.45) is 5.25. The third kappa shape index (κ3) is 630. The molecule has 0 aliphatic rings. The maximum atomic E-state index is 3.36. The molecule has 0 rings (SSSR count). The number of hydrogen-bond donors (Lipinski definition) is 2. The van der Waals surface area contributed by atoms with Gasteiger partial charge >= 0.3 is 0 Å². The van der Waals surface area contributed by atoms with Gasteiger partial charge in [0.05, 0.1) is 0 Å². The van der Waals surface area contributed by atoms with Gasteiger partial charge in [-0.1, -0.05) is 18.2 Å². The predicted octanol–water partition coefficient (Wildman–Crippen LogP) is 3.90. The summed E-state index contributed by atoms with van der Waals surface area (Å²) in [4.78, 5) is 0. The molecule has 0 saturated carbocycles. The van der Waals surface area contributed by atoms with Crippen LogP contribution < -0.4 is 12.3 Å². The zero-order chi connectivity index (χ0) is 8.12. The first-order valence-corrected chi connectivity index (χ1v) is 2.96. The van der Waals surface area contributed by atoms with E-state index in [1.807, 2.05) is 20.8 Å². The number of allylic oxidation sites excluding steroid dienone is 3. The van der Waals surface area contributed by atoms with Crippen LogP contribution in [0.2, 0.25) is 0 Å². The van der Waals surface area contributed by atoms with Crippen molar-refractivity contribution in [3.05, 3.63) is 38.0 Å². The SMILES string of the molecule is C=CC.C=CC.C=CC.N.N. The zero-order valence-electron chi connectivity index (χ0n) is 8.27.